The summed E-state index contributed by atoms with van der Waals surface area (Å²) in [5.41, 5.74) is 1.29. The average molecular weight is 182 g/mol. The van der Waals surface area contributed by atoms with Crippen molar-refractivity contribution >= 4 is 12.6 Å². The van der Waals surface area contributed by atoms with Crippen LogP contribution in [0, 0.1) is 0 Å². The summed E-state index contributed by atoms with van der Waals surface area (Å²) in [5, 5.41) is 0. The van der Waals surface area contributed by atoms with Gasteiger partial charge in [-0.1, -0.05) is 13.0 Å². The van der Waals surface area contributed by atoms with E-state index in [1.807, 2.05) is 19.1 Å². The molecule has 0 heterocycles. The van der Waals surface area contributed by atoms with Crippen molar-refractivity contribution in [2.75, 3.05) is 6.61 Å². The van der Waals surface area contributed by atoms with E-state index in [4.69, 9.17) is 4.74 Å². The van der Waals surface area contributed by atoms with Crippen LogP contribution in [0.2, 0.25) is 0 Å². The Bertz CT molecular complexity index is 258. The first-order valence-electron chi connectivity index (χ1n) is 4.22. The molecular formula is C10H14OS. The molecule has 0 fully saturated rings. The molecule has 0 radical (unpaired) electrons. The summed E-state index contributed by atoms with van der Waals surface area (Å²) >= 11 is 4.29. The van der Waals surface area contributed by atoms with Gasteiger partial charge in [0, 0.05) is 4.90 Å². The second-order valence-electron chi connectivity index (χ2n) is 2.59. The van der Waals surface area contributed by atoms with Crippen LogP contribution in [-0.4, -0.2) is 6.61 Å². The minimum absolute atomic E-state index is 0.695. The lowest BCUT2D eigenvalue weighted by atomic mass is 10.2. The molecule has 0 saturated carbocycles. The van der Waals surface area contributed by atoms with Gasteiger partial charge in [-0.05, 0) is 31.0 Å². The molecule has 1 aromatic rings. The topological polar surface area (TPSA) is 9.23 Å². The van der Waals surface area contributed by atoms with Crippen LogP contribution in [0.25, 0.3) is 0 Å². The van der Waals surface area contributed by atoms with E-state index in [0.29, 0.717) is 6.61 Å². The molecule has 0 unspecified atom stereocenters. The summed E-state index contributed by atoms with van der Waals surface area (Å²) in [5.74, 6) is 0.889. The molecule has 0 aromatic heterocycles. The van der Waals surface area contributed by atoms with Crippen molar-refractivity contribution in [1.29, 1.82) is 0 Å². The average Bonchev–Trinajstić information content (AvgIpc) is 2.09. The first-order valence-corrected chi connectivity index (χ1v) is 4.67. The molecule has 2 heteroatoms. The van der Waals surface area contributed by atoms with Crippen molar-refractivity contribution in [2.45, 2.75) is 25.2 Å². The maximum absolute atomic E-state index is 5.40. The largest absolute Gasteiger partial charge is 0.493 e. The third-order valence-electron chi connectivity index (χ3n) is 1.73. The molecule has 0 atom stereocenters. The number of hydrogen-bond donors (Lipinski definition) is 1. The second kappa shape index (κ2) is 4.41. The molecule has 1 rings (SSSR count). The Morgan fingerprint density at radius 2 is 2.08 bits per heavy atom. The number of benzene rings is 1. The lowest BCUT2D eigenvalue weighted by Crippen LogP contribution is -1.93. The zero-order valence-corrected chi connectivity index (χ0v) is 8.40. The highest BCUT2D eigenvalue weighted by atomic mass is 32.1. The number of ether oxygens (including phenoxy) is 1. The standard InChI is InChI=1S/C10H14OS/c1-3-8-5-6-10(12)9(7-8)11-4-2/h5-7,12H,3-4H2,1-2H3. The van der Waals surface area contributed by atoms with Crippen molar-refractivity contribution < 1.29 is 4.74 Å². The fourth-order valence-corrected chi connectivity index (χ4v) is 1.25. The van der Waals surface area contributed by atoms with Crippen LogP contribution < -0.4 is 4.74 Å². The molecule has 0 saturated heterocycles. The Labute approximate surface area is 79.2 Å². The first kappa shape index (κ1) is 9.46. The fourth-order valence-electron chi connectivity index (χ4n) is 1.05. The zero-order valence-electron chi connectivity index (χ0n) is 7.50. The number of rotatable bonds is 3. The quantitative estimate of drug-likeness (QED) is 0.707. The van der Waals surface area contributed by atoms with Crippen LogP contribution >= 0.6 is 12.6 Å². The van der Waals surface area contributed by atoms with Crippen LogP contribution in [0.4, 0.5) is 0 Å². The minimum atomic E-state index is 0.695. The Hall–Kier alpha value is -0.630. The molecular weight excluding hydrogens is 168 g/mol. The lowest BCUT2D eigenvalue weighted by Gasteiger charge is -2.07. The first-order chi connectivity index (χ1) is 5.77. The van der Waals surface area contributed by atoms with Gasteiger partial charge in [0.25, 0.3) is 0 Å². The van der Waals surface area contributed by atoms with E-state index in [1.54, 1.807) is 0 Å². The number of aryl methyl sites for hydroxylation is 1. The summed E-state index contributed by atoms with van der Waals surface area (Å²) in [4.78, 5) is 0.911. The van der Waals surface area contributed by atoms with Gasteiger partial charge in [0.1, 0.15) is 5.75 Å². The van der Waals surface area contributed by atoms with Crippen LogP contribution in [0.15, 0.2) is 23.1 Å². The van der Waals surface area contributed by atoms with E-state index in [9.17, 15) is 0 Å². The Morgan fingerprint density at radius 1 is 1.33 bits per heavy atom. The molecule has 0 N–H and O–H groups in total. The highest BCUT2D eigenvalue weighted by Gasteiger charge is 1.99. The zero-order chi connectivity index (χ0) is 8.97. The summed E-state index contributed by atoms with van der Waals surface area (Å²) in [7, 11) is 0. The van der Waals surface area contributed by atoms with Crippen molar-refractivity contribution in [3.05, 3.63) is 23.8 Å². The summed E-state index contributed by atoms with van der Waals surface area (Å²) in [6, 6.07) is 6.10. The molecule has 0 aliphatic heterocycles. The van der Waals surface area contributed by atoms with Crippen LogP contribution in [-0.2, 0) is 6.42 Å². The summed E-state index contributed by atoms with van der Waals surface area (Å²) < 4.78 is 5.40. The summed E-state index contributed by atoms with van der Waals surface area (Å²) in [6.07, 6.45) is 1.04. The maximum Gasteiger partial charge on any atom is 0.132 e. The van der Waals surface area contributed by atoms with Gasteiger partial charge in [-0.3, -0.25) is 0 Å². The van der Waals surface area contributed by atoms with Crippen molar-refractivity contribution in [2.24, 2.45) is 0 Å². The Kier molecular flexibility index (Phi) is 3.48. The van der Waals surface area contributed by atoms with Gasteiger partial charge in [0.15, 0.2) is 0 Å². The van der Waals surface area contributed by atoms with Crippen LogP contribution in [0.5, 0.6) is 5.75 Å². The number of hydrogen-bond acceptors (Lipinski definition) is 2. The third kappa shape index (κ3) is 2.18. The van der Waals surface area contributed by atoms with Crippen LogP contribution in [0.1, 0.15) is 19.4 Å². The van der Waals surface area contributed by atoms with Gasteiger partial charge in [-0.25, -0.2) is 0 Å². The lowest BCUT2D eigenvalue weighted by molar-refractivity contribution is 0.332. The Balaban J connectivity index is 2.91. The molecule has 0 spiro atoms. The predicted molar refractivity (Wildman–Crippen MR) is 54.2 cm³/mol. The van der Waals surface area contributed by atoms with Crippen molar-refractivity contribution in [1.82, 2.24) is 0 Å². The van der Waals surface area contributed by atoms with Crippen LogP contribution in [0.3, 0.4) is 0 Å². The molecule has 0 aliphatic rings. The monoisotopic (exact) mass is 182 g/mol. The fraction of sp³-hybridized carbons (Fsp3) is 0.400. The smallest absolute Gasteiger partial charge is 0.132 e. The van der Waals surface area contributed by atoms with Gasteiger partial charge in [0.2, 0.25) is 0 Å². The van der Waals surface area contributed by atoms with Gasteiger partial charge in [0.05, 0.1) is 6.61 Å². The van der Waals surface area contributed by atoms with Gasteiger partial charge in [-0.2, -0.15) is 0 Å². The van der Waals surface area contributed by atoms with Crippen molar-refractivity contribution in [3.8, 4) is 5.75 Å². The maximum atomic E-state index is 5.40. The van der Waals surface area contributed by atoms with Crippen molar-refractivity contribution in [3.63, 3.8) is 0 Å². The van der Waals surface area contributed by atoms with E-state index in [2.05, 4.69) is 25.6 Å². The summed E-state index contributed by atoms with van der Waals surface area (Å²) in [6.45, 7) is 4.80. The van der Waals surface area contributed by atoms with E-state index < -0.39 is 0 Å². The third-order valence-corrected chi connectivity index (χ3v) is 2.10. The minimum Gasteiger partial charge on any atom is -0.493 e. The molecule has 12 heavy (non-hydrogen) atoms. The number of thiol groups is 1. The molecule has 1 aromatic carbocycles. The predicted octanol–water partition coefficient (Wildman–Crippen LogP) is 2.94. The van der Waals surface area contributed by atoms with E-state index in [1.165, 1.54) is 5.56 Å². The molecule has 0 aliphatic carbocycles. The highest BCUT2D eigenvalue weighted by molar-refractivity contribution is 7.80. The Morgan fingerprint density at radius 3 is 2.67 bits per heavy atom. The van der Waals surface area contributed by atoms with E-state index in [0.717, 1.165) is 17.1 Å². The van der Waals surface area contributed by atoms with E-state index >= 15 is 0 Å². The normalized spacial score (nSPS) is 9.92. The molecule has 0 amide bonds. The molecule has 66 valence electrons. The molecule has 0 bridgehead atoms. The van der Waals surface area contributed by atoms with Gasteiger partial charge in [-0.15, -0.1) is 12.6 Å². The highest BCUT2D eigenvalue weighted by Crippen LogP contribution is 2.23. The van der Waals surface area contributed by atoms with Gasteiger partial charge >= 0.3 is 0 Å². The second-order valence-corrected chi connectivity index (χ2v) is 3.07. The van der Waals surface area contributed by atoms with E-state index in [-0.39, 0.29) is 0 Å². The van der Waals surface area contributed by atoms with Gasteiger partial charge < -0.3 is 4.74 Å². The molecule has 1 nitrogen and oxygen atoms in total. The SMILES string of the molecule is CCOc1cc(CC)ccc1S.